The monoisotopic (exact) mass is 696 g/mol. The topological polar surface area (TPSA) is 0 Å². The van der Waals surface area contributed by atoms with E-state index in [1.807, 2.05) is 0 Å². The molecule has 0 saturated heterocycles. The van der Waals surface area contributed by atoms with Gasteiger partial charge in [-0.15, -0.1) is 0 Å². The summed E-state index contributed by atoms with van der Waals surface area (Å²) in [5.41, 5.74) is 5.59. The maximum atomic E-state index is 4.93. The molecule has 0 aliphatic heterocycles. The number of unbranched alkanes of at least 4 members (excludes halogenated alkanes) is 1. The third-order valence-electron chi connectivity index (χ3n) is 12.3. The van der Waals surface area contributed by atoms with E-state index in [0.29, 0.717) is 0 Å². The number of hydrogen-bond acceptors (Lipinski definition) is 0. The first-order chi connectivity index (χ1) is 18.5. The van der Waals surface area contributed by atoms with Crippen molar-refractivity contribution in [3.8, 4) is 0 Å². The minimum absolute atomic E-state index is 0. The number of halogens is 2. The van der Waals surface area contributed by atoms with Gasteiger partial charge in [-0.3, -0.25) is 0 Å². The van der Waals surface area contributed by atoms with Gasteiger partial charge >= 0.3 is 37.9 Å². The minimum atomic E-state index is -1.36. The predicted molar refractivity (Wildman–Crippen MR) is 185 cm³/mol. The van der Waals surface area contributed by atoms with Crippen molar-refractivity contribution in [1.82, 2.24) is 0 Å². The zero-order valence-electron chi connectivity index (χ0n) is 28.2. The Morgan fingerprint density at radius 1 is 0.829 bits per heavy atom. The van der Waals surface area contributed by atoms with Crippen molar-refractivity contribution >= 4 is 25.1 Å². The molecule has 0 aromatic heterocycles. The average molecular weight is 699 g/mol. The Balaban J connectivity index is 0.00000113. The molecule has 0 radical (unpaired) electrons. The fourth-order valence-corrected chi connectivity index (χ4v) is 16.9. The average Bonchev–Trinajstić information content (AvgIpc) is 3.45. The number of fused-ring (bicyclic) bond motifs is 2. The van der Waals surface area contributed by atoms with Crippen LogP contribution in [0.5, 0.6) is 0 Å². The Bertz CT molecular complexity index is 893. The van der Waals surface area contributed by atoms with Gasteiger partial charge in [0, 0.05) is 0 Å². The van der Waals surface area contributed by atoms with E-state index in [9.17, 15) is 0 Å². The molecule has 0 heterocycles. The van der Waals surface area contributed by atoms with Crippen molar-refractivity contribution in [1.29, 1.82) is 0 Å². The Kier molecular flexibility index (Phi) is 15.3. The van der Waals surface area contributed by atoms with Crippen LogP contribution in [0.4, 0.5) is 0 Å². The van der Waals surface area contributed by atoms with Crippen molar-refractivity contribution < 1.29 is 20.8 Å². The summed E-state index contributed by atoms with van der Waals surface area (Å²) in [5, 5.41) is 0. The molecule has 0 nitrogen and oxygen atoms in total. The van der Waals surface area contributed by atoms with E-state index >= 15 is 0 Å². The molecule has 9 unspecified atom stereocenters. The van der Waals surface area contributed by atoms with Crippen LogP contribution in [0, 0.1) is 50.4 Å². The molecule has 0 amide bonds. The van der Waals surface area contributed by atoms with Crippen LogP contribution in [0.3, 0.4) is 0 Å². The molecule has 4 saturated carbocycles. The Labute approximate surface area is 277 Å². The molecule has 5 rings (SSSR count). The van der Waals surface area contributed by atoms with E-state index in [2.05, 4.69) is 72.0 Å². The molecule has 234 valence electrons. The molecule has 9 atom stereocenters. The number of rotatable bonds is 6. The first-order valence-corrected chi connectivity index (χ1v) is 26.1. The van der Waals surface area contributed by atoms with Crippen LogP contribution in [0.1, 0.15) is 129 Å². The van der Waals surface area contributed by atoms with E-state index in [1.165, 1.54) is 63.4 Å². The van der Waals surface area contributed by atoms with Crippen LogP contribution in [0.2, 0.25) is 24.2 Å². The molecular weight excluding hydrogens is 635 g/mol. The molecule has 0 N–H and O–H groups in total. The summed E-state index contributed by atoms with van der Waals surface area (Å²) in [4.78, 5) is 0. The van der Waals surface area contributed by atoms with Crippen molar-refractivity contribution in [3.63, 3.8) is 0 Å². The van der Waals surface area contributed by atoms with Crippen molar-refractivity contribution in [2.45, 2.75) is 147 Å². The fourth-order valence-electron chi connectivity index (χ4n) is 10.9. The van der Waals surface area contributed by atoms with Gasteiger partial charge < -0.3 is 14.9 Å². The van der Waals surface area contributed by atoms with Crippen LogP contribution in [-0.2, 0) is 26.3 Å². The molecule has 4 fully saturated rings. The molecular formula is C37H64Cl2SiZr. The molecule has 4 aliphatic rings. The van der Waals surface area contributed by atoms with E-state index in [4.69, 9.17) is 17.0 Å². The zero-order chi connectivity index (χ0) is 28.4. The predicted octanol–water partition coefficient (Wildman–Crippen LogP) is 13.3. The summed E-state index contributed by atoms with van der Waals surface area (Å²) >= 11 is -0.826. The number of benzene rings is 1. The Morgan fingerprint density at radius 3 is 2.00 bits per heavy atom. The summed E-state index contributed by atoms with van der Waals surface area (Å²) in [5.74, 6) is 6.99. The number of hydrogen-bond donors (Lipinski definition) is 0. The fraction of sp³-hybridized carbons (Fsp3) is 0.784. The van der Waals surface area contributed by atoms with Crippen LogP contribution >= 0.6 is 17.0 Å². The van der Waals surface area contributed by atoms with Gasteiger partial charge in [-0.2, -0.15) is 0 Å². The zero-order valence-corrected chi connectivity index (χ0v) is 33.2. The van der Waals surface area contributed by atoms with Gasteiger partial charge in [0.2, 0.25) is 0 Å². The summed E-state index contributed by atoms with van der Waals surface area (Å²) < 4.78 is 0. The van der Waals surface area contributed by atoms with Gasteiger partial charge in [-0.25, -0.2) is 0 Å². The second-order valence-corrected chi connectivity index (χ2v) is 24.5. The second kappa shape index (κ2) is 16.5. The molecule has 41 heavy (non-hydrogen) atoms. The summed E-state index contributed by atoms with van der Waals surface area (Å²) in [7, 11) is 8.51. The quantitative estimate of drug-likeness (QED) is 0.205. The van der Waals surface area contributed by atoms with Gasteiger partial charge in [0.15, 0.2) is 0 Å². The van der Waals surface area contributed by atoms with Crippen LogP contribution in [0.15, 0.2) is 24.3 Å². The first-order valence-electron chi connectivity index (χ1n) is 16.6. The molecule has 4 aliphatic carbocycles. The summed E-state index contributed by atoms with van der Waals surface area (Å²) in [6.07, 6.45) is 18.2. The van der Waals surface area contributed by atoms with Crippen molar-refractivity contribution in [2.24, 2.45) is 35.5 Å². The van der Waals surface area contributed by atoms with Gasteiger partial charge in [0.25, 0.3) is 0 Å². The second-order valence-electron chi connectivity index (χ2n) is 15.7. The van der Waals surface area contributed by atoms with Crippen LogP contribution in [-0.4, -0.2) is 8.07 Å². The first kappa shape index (κ1) is 38.1. The molecule has 4 heteroatoms. The Hall–Kier alpha value is 0.900. The molecule has 0 bridgehead atoms. The van der Waals surface area contributed by atoms with Gasteiger partial charge in [-0.1, -0.05) is 123 Å². The summed E-state index contributed by atoms with van der Waals surface area (Å²) in [6.45, 7) is 17.9. The Morgan fingerprint density at radius 2 is 1.41 bits per heavy atom. The van der Waals surface area contributed by atoms with Gasteiger partial charge in [-0.05, 0) is 94.7 Å². The standard InChI is InChI=1S/C35H58Si.2CH3.2ClH.Zr/c1-8-9-13-26-23-33(30-15-11-10-14-29(26)30)36(6,7)34-24(2)22-32-28(16-12-17-31(32)34)25-18-20-27(21-19-25)35(3,4)5;;;;;/h18-21,24,26,28-34H,8-17,22-23H2,1-7H3;2*1H3;2*1H;/q;2*-1;;;+4/p-2. The van der Waals surface area contributed by atoms with E-state index in [1.54, 1.807) is 24.8 Å². The molecule has 1 aromatic rings. The molecule has 1 aromatic carbocycles. The van der Waals surface area contributed by atoms with Crippen molar-refractivity contribution in [2.75, 3.05) is 0 Å². The van der Waals surface area contributed by atoms with E-state index in [0.717, 1.165) is 52.5 Å². The van der Waals surface area contributed by atoms with Crippen LogP contribution in [0.25, 0.3) is 0 Å². The van der Waals surface area contributed by atoms with Gasteiger partial charge in [0.1, 0.15) is 0 Å². The maximum absolute atomic E-state index is 4.93. The molecule has 0 spiro atoms. The van der Waals surface area contributed by atoms with Gasteiger partial charge in [0.05, 0.1) is 8.07 Å². The van der Waals surface area contributed by atoms with Crippen LogP contribution < -0.4 is 0 Å². The van der Waals surface area contributed by atoms with E-state index < -0.39 is 28.9 Å². The normalized spacial score (nSPS) is 34.6. The SMILES string of the molecule is CCCCC1CC([Si](C)(C)C2C(C)CC3C(c4ccc(C(C)(C)C)cc4)CCCC32)C2CCCCC12.[CH3-].[CH3-].[Cl][Zr+2][Cl]. The summed E-state index contributed by atoms with van der Waals surface area (Å²) in [6, 6.07) is 9.95. The third kappa shape index (κ3) is 8.39. The third-order valence-corrected chi connectivity index (χ3v) is 17.6. The van der Waals surface area contributed by atoms with E-state index in [-0.39, 0.29) is 20.3 Å². The van der Waals surface area contributed by atoms with Crippen molar-refractivity contribution in [3.05, 3.63) is 50.2 Å².